The molecule has 1 amide bonds. The highest BCUT2D eigenvalue weighted by atomic mass is 35.5. The Bertz CT molecular complexity index is 942. The van der Waals surface area contributed by atoms with Crippen LogP contribution >= 0.6 is 11.6 Å². The van der Waals surface area contributed by atoms with Crippen LogP contribution in [0.15, 0.2) is 41.1 Å². The lowest BCUT2D eigenvalue weighted by molar-refractivity contribution is -0.357. The zero-order valence-electron chi connectivity index (χ0n) is 16.2. The molecule has 1 fully saturated rings. The molecule has 0 unspecified atom stereocenters. The van der Waals surface area contributed by atoms with Crippen LogP contribution in [0.25, 0.3) is 11.3 Å². The molecule has 1 aliphatic rings. The van der Waals surface area contributed by atoms with Crippen molar-refractivity contribution in [2.24, 2.45) is 0 Å². The fourth-order valence-electron chi connectivity index (χ4n) is 2.96. The van der Waals surface area contributed by atoms with Gasteiger partial charge in [0.15, 0.2) is 0 Å². The third kappa shape index (κ3) is 7.05. The fraction of sp³-hybridized carbons (Fsp3) is 0.400. The highest BCUT2D eigenvalue weighted by Crippen LogP contribution is 2.32. The zero-order valence-corrected chi connectivity index (χ0v) is 16.9. The Morgan fingerprint density at radius 1 is 1.29 bits per heavy atom. The van der Waals surface area contributed by atoms with Crippen LogP contribution in [0.3, 0.4) is 0 Å². The number of hydrogen-bond acceptors (Lipinski definition) is 5. The number of alkyl halides is 3. The Hall–Kier alpha value is -2.43. The monoisotopic (exact) mass is 462 g/mol. The first kappa shape index (κ1) is 23.2. The number of carbonyl (C=O) groups excluding carboxylic acids is 1. The predicted molar refractivity (Wildman–Crippen MR) is 102 cm³/mol. The van der Waals surface area contributed by atoms with E-state index in [-0.39, 0.29) is 30.0 Å². The molecule has 1 aromatic carbocycles. The molecule has 11 heteroatoms. The van der Waals surface area contributed by atoms with Gasteiger partial charge in [-0.3, -0.25) is 9.53 Å². The summed E-state index contributed by atoms with van der Waals surface area (Å²) in [4.78, 5) is 11.9. The van der Waals surface area contributed by atoms with Crippen molar-refractivity contribution in [1.82, 2.24) is 10.5 Å². The third-order valence-electron chi connectivity index (χ3n) is 4.56. The van der Waals surface area contributed by atoms with Crippen LogP contribution in [0.2, 0.25) is 5.02 Å². The van der Waals surface area contributed by atoms with Crippen molar-refractivity contribution in [2.75, 3.05) is 6.61 Å². The number of amides is 1. The normalized spacial score (nSPS) is 18.5. The maximum Gasteiger partial charge on any atom is 0.522 e. The molecule has 0 aliphatic heterocycles. The lowest BCUT2D eigenvalue weighted by Gasteiger charge is -2.34. The summed E-state index contributed by atoms with van der Waals surface area (Å²) in [6.07, 6.45) is -5.19. The summed E-state index contributed by atoms with van der Waals surface area (Å²) in [6, 6.07) is 5.80. The van der Waals surface area contributed by atoms with Crippen molar-refractivity contribution in [3.8, 4) is 11.3 Å². The number of carbonyl (C=O) groups is 1. The van der Waals surface area contributed by atoms with Crippen LogP contribution in [-0.2, 0) is 20.7 Å². The number of hydrogen-bond donors (Lipinski definition) is 1. The van der Waals surface area contributed by atoms with Gasteiger partial charge in [-0.1, -0.05) is 23.3 Å². The number of rotatable bonds is 9. The molecule has 0 bridgehead atoms. The van der Waals surface area contributed by atoms with Crippen molar-refractivity contribution < 1.29 is 36.4 Å². The molecule has 1 aromatic heterocycles. The molecular weight excluding hydrogens is 444 g/mol. The van der Waals surface area contributed by atoms with Gasteiger partial charge in [0.05, 0.1) is 12.2 Å². The molecule has 1 aliphatic carbocycles. The lowest BCUT2D eigenvalue weighted by Crippen LogP contribution is -2.42. The summed E-state index contributed by atoms with van der Waals surface area (Å²) < 4.78 is 64.4. The number of halogens is 5. The molecule has 1 N–H and O–H groups in total. The van der Waals surface area contributed by atoms with Gasteiger partial charge >= 0.3 is 6.36 Å². The maximum atomic E-state index is 14.0. The van der Waals surface area contributed by atoms with Crippen molar-refractivity contribution in [3.63, 3.8) is 0 Å². The number of nitrogens with zero attached hydrogens (tertiary/aromatic N) is 1. The predicted octanol–water partition coefficient (Wildman–Crippen LogP) is 4.78. The first-order valence-electron chi connectivity index (χ1n) is 9.34. The fourth-order valence-corrected chi connectivity index (χ4v) is 3.12. The standard InChI is InChI=1S/C20H19ClF4N2O4/c1-11(26-19(28)10-29-14-7-15(8-14)30-20(23,24)25)2-4-13-9-18(27-31-13)16-5-3-12(21)6-17(16)22/h3,5-6,9,14-15H,1-2,4,7-8,10H2,(H,26,28)/t14-,15+. The van der Waals surface area contributed by atoms with Crippen LogP contribution in [0.5, 0.6) is 0 Å². The van der Waals surface area contributed by atoms with Gasteiger partial charge in [0.1, 0.15) is 23.9 Å². The second-order valence-electron chi connectivity index (χ2n) is 7.04. The van der Waals surface area contributed by atoms with Gasteiger partial charge in [-0.05, 0) is 24.6 Å². The Labute approximate surface area is 180 Å². The molecular formula is C20H19ClF4N2O4. The van der Waals surface area contributed by atoms with Gasteiger partial charge < -0.3 is 14.6 Å². The minimum atomic E-state index is -4.67. The highest BCUT2D eigenvalue weighted by Gasteiger charge is 2.40. The molecule has 1 heterocycles. The van der Waals surface area contributed by atoms with E-state index < -0.39 is 30.3 Å². The first-order valence-corrected chi connectivity index (χ1v) is 9.71. The SMILES string of the molecule is C=C(CCc1cc(-c2ccc(Cl)cc2F)no1)NC(=O)CO[C@H]1C[C@@H](OC(F)(F)F)C1. The zero-order chi connectivity index (χ0) is 22.6. The number of aromatic nitrogens is 1. The van der Waals surface area contributed by atoms with E-state index in [1.165, 1.54) is 12.1 Å². The first-order chi connectivity index (χ1) is 14.6. The van der Waals surface area contributed by atoms with E-state index in [4.69, 9.17) is 20.9 Å². The van der Waals surface area contributed by atoms with Crippen molar-refractivity contribution in [3.05, 3.63) is 53.1 Å². The molecule has 0 radical (unpaired) electrons. The Kier molecular flexibility index (Phi) is 7.34. The minimum Gasteiger partial charge on any atom is -0.368 e. The summed E-state index contributed by atoms with van der Waals surface area (Å²) in [7, 11) is 0. The largest absolute Gasteiger partial charge is 0.522 e. The van der Waals surface area contributed by atoms with E-state index in [9.17, 15) is 22.4 Å². The summed E-state index contributed by atoms with van der Waals surface area (Å²) in [5.41, 5.74) is 0.971. The van der Waals surface area contributed by atoms with E-state index >= 15 is 0 Å². The molecule has 0 spiro atoms. The van der Waals surface area contributed by atoms with Gasteiger partial charge in [0.2, 0.25) is 5.91 Å². The van der Waals surface area contributed by atoms with E-state index in [1.807, 2.05) is 0 Å². The molecule has 1 saturated carbocycles. The molecule has 2 aromatic rings. The number of nitrogens with one attached hydrogen (secondary N) is 1. The average molecular weight is 463 g/mol. The van der Waals surface area contributed by atoms with Gasteiger partial charge in [0, 0.05) is 41.6 Å². The summed E-state index contributed by atoms with van der Waals surface area (Å²) >= 11 is 5.73. The summed E-state index contributed by atoms with van der Waals surface area (Å²) in [6.45, 7) is 3.44. The maximum absolute atomic E-state index is 14.0. The van der Waals surface area contributed by atoms with Gasteiger partial charge in [-0.2, -0.15) is 0 Å². The highest BCUT2D eigenvalue weighted by molar-refractivity contribution is 6.30. The minimum absolute atomic E-state index is 0.0791. The third-order valence-corrected chi connectivity index (χ3v) is 4.79. The lowest BCUT2D eigenvalue weighted by atomic mass is 9.92. The van der Waals surface area contributed by atoms with Crippen molar-refractivity contribution in [2.45, 2.75) is 44.3 Å². The molecule has 0 saturated heterocycles. The molecule has 31 heavy (non-hydrogen) atoms. The number of ether oxygens (including phenoxy) is 2. The topological polar surface area (TPSA) is 73.6 Å². The molecule has 6 nitrogen and oxygen atoms in total. The van der Waals surface area contributed by atoms with Crippen LogP contribution in [-0.4, -0.2) is 36.2 Å². The summed E-state index contributed by atoms with van der Waals surface area (Å²) in [5, 5.41) is 6.65. The van der Waals surface area contributed by atoms with Crippen LogP contribution in [0, 0.1) is 5.82 Å². The Balaban J connectivity index is 1.36. The Morgan fingerprint density at radius 2 is 2.03 bits per heavy atom. The van der Waals surface area contributed by atoms with Crippen LogP contribution in [0.4, 0.5) is 17.6 Å². The summed E-state index contributed by atoms with van der Waals surface area (Å²) in [5.74, 6) is -0.514. The van der Waals surface area contributed by atoms with Crippen LogP contribution in [0.1, 0.15) is 25.0 Å². The van der Waals surface area contributed by atoms with E-state index in [2.05, 4.69) is 21.8 Å². The molecule has 0 atom stereocenters. The van der Waals surface area contributed by atoms with Gasteiger partial charge in [-0.25, -0.2) is 4.39 Å². The average Bonchev–Trinajstić information content (AvgIpc) is 3.09. The smallest absolute Gasteiger partial charge is 0.368 e. The Morgan fingerprint density at radius 3 is 2.71 bits per heavy atom. The number of allylic oxidation sites excluding steroid dienone is 1. The van der Waals surface area contributed by atoms with E-state index in [0.717, 1.165) is 0 Å². The van der Waals surface area contributed by atoms with E-state index in [0.29, 0.717) is 30.0 Å². The van der Waals surface area contributed by atoms with Crippen molar-refractivity contribution in [1.29, 1.82) is 0 Å². The number of benzene rings is 1. The quantitative estimate of drug-likeness (QED) is 0.543. The second kappa shape index (κ2) is 9.80. The van der Waals surface area contributed by atoms with Gasteiger partial charge in [0.25, 0.3) is 0 Å². The molecule has 3 rings (SSSR count). The second-order valence-corrected chi connectivity index (χ2v) is 7.48. The number of aryl methyl sites for hydroxylation is 1. The van der Waals surface area contributed by atoms with E-state index in [1.54, 1.807) is 12.1 Å². The van der Waals surface area contributed by atoms with Crippen molar-refractivity contribution >= 4 is 17.5 Å². The van der Waals surface area contributed by atoms with Gasteiger partial charge in [-0.15, -0.1) is 13.2 Å². The molecule has 168 valence electrons. The van der Waals surface area contributed by atoms with Crippen LogP contribution < -0.4 is 5.32 Å².